The lowest BCUT2D eigenvalue weighted by atomic mass is 10.1. The zero-order chi connectivity index (χ0) is 17.4. The third-order valence-corrected chi connectivity index (χ3v) is 4.33. The molecule has 24 heavy (non-hydrogen) atoms. The summed E-state index contributed by atoms with van der Waals surface area (Å²) in [6, 6.07) is -0.635. The van der Waals surface area contributed by atoms with Crippen LogP contribution in [0.15, 0.2) is 9.98 Å². The largest absolute Gasteiger partial charge is 0.410 e. The van der Waals surface area contributed by atoms with Crippen LogP contribution in [0.1, 0.15) is 78.1 Å². The van der Waals surface area contributed by atoms with E-state index in [2.05, 4.69) is 9.98 Å². The van der Waals surface area contributed by atoms with Crippen molar-refractivity contribution in [1.29, 1.82) is 0 Å². The summed E-state index contributed by atoms with van der Waals surface area (Å²) in [7, 11) is 0. The average Bonchev–Trinajstić information content (AvgIpc) is 3.03. The lowest BCUT2D eigenvalue weighted by molar-refractivity contribution is -0.135. The Morgan fingerprint density at radius 1 is 0.667 bits per heavy atom. The molecular weight excluding hydrogens is 308 g/mol. The molecule has 0 radical (unpaired) electrons. The van der Waals surface area contributed by atoms with Gasteiger partial charge in [0.1, 0.15) is 12.1 Å². The fourth-order valence-electron chi connectivity index (χ4n) is 2.84. The van der Waals surface area contributed by atoms with Crippen LogP contribution in [-0.2, 0) is 19.1 Å². The fourth-order valence-corrected chi connectivity index (χ4v) is 2.84. The highest BCUT2D eigenvalue weighted by atomic mass is 16.6. The minimum atomic E-state index is -0.318. The quantitative estimate of drug-likeness (QED) is 0.427. The summed E-state index contributed by atoms with van der Waals surface area (Å²) >= 11 is 0. The molecule has 0 bridgehead atoms. The summed E-state index contributed by atoms with van der Waals surface area (Å²) in [5, 5.41) is 0. The molecule has 2 aliphatic rings. The highest BCUT2D eigenvalue weighted by molar-refractivity contribution is 5.97. The highest BCUT2D eigenvalue weighted by Gasteiger charge is 2.24. The van der Waals surface area contributed by atoms with Crippen LogP contribution in [0.25, 0.3) is 0 Å². The van der Waals surface area contributed by atoms with Crippen molar-refractivity contribution in [2.24, 2.45) is 9.98 Å². The summed E-state index contributed by atoms with van der Waals surface area (Å²) in [6.07, 6.45) is 10.8. The predicted molar refractivity (Wildman–Crippen MR) is 92.1 cm³/mol. The smallest absolute Gasteiger partial charge is 0.337 e. The Labute approximate surface area is 143 Å². The number of cyclic esters (lactones) is 2. The molecule has 0 saturated carbocycles. The number of ether oxygens (including phenoxy) is 2. The number of nitrogens with zero attached hydrogens (tertiary/aromatic N) is 2. The molecule has 0 aromatic carbocycles. The summed E-state index contributed by atoms with van der Waals surface area (Å²) in [5.41, 5.74) is 0. The van der Waals surface area contributed by atoms with Crippen molar-refractivity contribution in [1.82, 2.24) is 0 Å². The summed E-state index contributed by atoms with van der Waals surface area (Å²) < 4.78 is 10.1. The van der Waals surface area contributed by atoms with Gasteiger partial charge in [-0.3, -0.25) is 0 Å². The Bertz CT molecular complexity index is 467. The van der Waals surface area contributed by atoms with Gasteiger partial charge in [0.15, 0.2) is 11.8 Å². The maximum Gasteiger partial charge on any atom is 0.337 e. The summed E-state index contributed by atoms with van der Waals surface area (Å²) in [6.45, 7) is 3.53. The third kappa shape index (κ3) is 6.06. The number of carbonyl (C=O) groups is 2. The molecule has 0 aliphatic carbocycles. The molecule has 0 aromatic heterocycles. The number of rotatable bonds is 11. The van der Waals surface area contributed by atoms with Gasteiger partial charge in [-0.25, -0.2) is 19.6 Å². The Balaban J connectivity index is 1.37. The molecule has 2 heterocycles. The molecule has 0 saturated heterocycles. The molecule has 0 aromatic rings. The van der Waals surface area contributed by atoms with Gasteiger partial charge in [-0.15, -0.1) is 0 Å². The predicted octanol–water partition coefficient (Wildman–Crippen LogP) is 3.58. The zero-order valence-electron chi connectivity index (χ0n) is 14.8. The number of unbranched alkanes of at least 4 members (excludes halogenated alkanes) is 7. The number of hydrogen-bond acceptors (Lipinski definition) is 6. The molecule has 0 spiro atoms. The number of aliphatic imine (C=N–C) groups is 2. The van der Waals surface area contributed by atoms with Crippen molar-refractivity contribution in [3.8, 4) is 0 Å². The van der Waals surface area contributed by atoms with Gasteiger partial charge < -0.3 is 9.47 Å². The van der Waals surface area contributed by atoms with Crippen LogP contribution in [-0.4, -0.2) is 35.8 Å². The monoisotopic (exact) mass is 336 g/mol. The number of carbonyl (C=O) groups excluding carboxylic acids is 2. The summed E-state index contributed by atoms with van der Waals surface area (Å²) in [4.78, 5) is 30.8. The van der Waals surface area contributed by atoms with Gasteiger partial charge in [-0.1, -0.05) is 38.5 Å². The van der Waals surface area contributed by atoms with Gasteiger partial charge in [0.2, 0.25) is 0 Å². The highest BCUT2D eigenvalue weighted by Crippen LogP contribution is 2.15. The van der Waals surface area contributed by atoms with Crippen LogP contribution in [0.5, 0.6) is 0 Å². The Hall–Kier alpha value is -1.72. The van der Waals surface area contributed by atoms with E-state index in [4.69, 9.17) is 9.47 Å². The normalized spacial score (nSPS) is 23.1. The third-order valence-electron chi connectivity index (χ3n) is 4.33. The Kier molecular flexibility index (Phi) is 7.40. The van der Waals surface area contributed by atoms with Crippen LogP contribution in [0.4, 0.5) is 0 Å². The van der Waals surface area contributed by atoms with E-state index >= 15 is 0 Å². The topological polar surface area (TPSA) is 77.3 Å². The molecule has 0 amide bonds. The van der Waals surface area contributed by atoms with Crippen LogP contribution in [0.3, 0.4) is 0 Å². The van der Waals surface area contributed by atoms with E-state index in [1.165, 1.54) is 25.7 Å². The molecule has 2 aliphatic heterocycles. The van der Waals surface area contributed by atoms with E-state index in [-0.39, 0.29) is 24.0 Å². The van der Waals surface area contributed by atoms with E-state index in [0.29, 0.717) is 11.8 Å². The first-order valence-electron chi connectivity index (χ1n) is 9.13. The first-order chi connectivity index (χ1) is 11.6. The molecule has 134 valence electrons. The van der Waals surface area contributed by atoms with Crippen LogP contribution < -0.4 is 0 Å². The van der Waals surface area contributed by atoms with Crippen molar-refractivity contribution in [3.05, 3.63) is 0 Å². The molecule has 6 nitrogen and oxygen atoms in total. The van der Waals surface area contributed by atoms with E-state index in [9.17, 15) is 9.59 Å². The molecule has 2 rings (SSSR count). The second-order valence-electron chi connectivity index (χ2n) is 6.57. The number of esters is 2. The number of hydrogen-bond donors (Lipinski definition) is 0. The zero-order valence-corrected chi connectivity index (χ0v) is 14.8. The first kappa shape index (κ1) is 18.6. The Morgan fingerprint density at radius 2 is 1.00 bits per heavy atom. The van der Waals surface area contributed by atoms with Gasteiger partial charge in [0, 0.05) is 12.8 Å². The standard InChI is InChI=1S/C18H28N2O4/c1-13-17(21)23-15(19-13)11-9-7-5-3-4-6-8-10-12-16-20-14(2)18(22)24-16/h13-14H,3-12H2,1-2H3. The van der Waals surface area contributed by atoms with Gasteiger partial charge in [-0.2, -0.15) is 0 Å². The van der Waals surface area contributed by atoms with Crippen LogP contribution in [0.2, 0.25) is 0 Å². The average molecular weight is 336 g/mol. The molecule has 0 fully saturated rings. The SMILES string of the molecule is CC1N=C(CCCCCCCCCCC2=NC(C)C(=O)O2)OC1=O. The van der Waals surface area contributed by atoms with E-state index in [1.54, 1.807) is 13.8 Å². The maximum absolute atomic E-state index is 11.2. The lowest BCUT2D eigenvalue weighted by Gasteiger charge is -2.03. The second kappa shape index (κ2) is 9.55. The van der Waals surface area contributed by atoms with Crippen LogP contribution >= 0.6 is 0 Å². The van der Waals surface area contributed by atoms with Crippen molar-refractivity contribution >= 4 is 23.7 Å². The van der Waals surface area contributed by atoms with E-state index < -0.39 is 0 Å². The minimum absolute atomic E-state index is 0.224. The molecule has 2 unspecified atom stereocenters. The first-order valence-corrected chi connectivity index (χ1v) is 9.13. The Morgan fingerprint density at radius 3 is 1.29 bits per heavy atom. The van der Waals surface area contributed by atoms with Crippen molar-refractivity contribution < 1.29 is 19.1 Å². The van der Waals surface area contributed by atoms with E-state index in [1.807, 2.05) is 0 Å². The van der Waals surface area contributed by atoms with Gasteiger partial charge in [0.25, 0.3) is 0 Å². The van der Waals surface area contributed by atoms with Crippen molar-refractivity contribution in [2.45, 2.75) is 90.1 Å². The van der Waals surface area contributed by atoms with Crippen molar-refractivity contribution in [2.75, 3.05) is 0 Å². The van der Waals surface area contributed by atoms with Gasteiger partial charge in [0.05, 0.1) is 0 Å². The molecule has 6 heteroatoms. The van der Waals surface area contributed by atoms with Gasteiger partial charge >= 0.3 is 11.9 Å². The van der Waals surface area contributed by atoms with Crippen LogP contribution in [0, 0.1) is 0 Å². The van der Waals surface area contributed by atoms with Gasteiger partial charge in [-0.05, 0) is 26.7 Å². The minimum Gasteiger partial charge on any atom is -0.410 e. The lowest BCUT2D eigenvalue weighted by Crippen LogP contribution is -2.10. The van der Waals surface area contributed by atoms with Crippen molar-refractivity contribution in [3.63, 3.8) is 0 Å². The molecule has 2 atom stereocenters. The second-order valence-corrected chi connectivity index (χ2v) is 6.57. The van der Waals surface area contributed by atoms with E-state index in [0.717, 1.165) is 38.5 Å². The molecule has 0 N–H and O–H groups in total. The molecular formula is C18H28N2O4. The summed E-state index contributed by atoms with van der Waals surface area (Å²) in [5.74, 6) is 0.769. The fraction of sp³-hybridized carbons (Fsp3) is 0.778. The maximum atomic E-state index is 11.2.